The van der Waals surface area contributed by atoms with Crippen LogP contribution in [0.25, 0.3) is 0 Å². The van der Waals surface area contributed by atoms with Gasteiger partial charge >= 0.3 is 0 Å². The van der Waals surface area contributed by atoms with Crippen molar-refractivity contribution in [3.63, 3.8) is 0 Å². The highest BCUT2D eigenvalue weighted by Crippen LogP contribution is 2.68. The molecule has 0 unspecified atom stereocenters. The van der Waals surface area contributed by atoms with Gasteiger partial charge in [0.25, 0.3) is 0 Å². The van der Waals surface area contributed by atoms with Crippen LogP contribution < -0.4 is 0 Å². The van der Waals surface area contributed by atoms with E-state index in [9.17, 15) is 9.90 Å². The van der Waals surface area contributed by atoms with E-state index in [1.54, 1.807) is 12.5 Å². The molecule has 0 aliphatic heterocycles. The Morgan fingerprint density at radius 1 is 1.21 bits per heavy atom. The SMILES string of the molecule is CC(=O)[C@@]1(O)CC[C@H]2[C@@H]3C[C@H](C)C4=CC=CC[C@]4(C)[C@H]3CC[C@@]21C. The van der Waals surface area contributed by atoms with Crippen molar-refractivity contribution < 1.29 is 9.90 Å². The van der Waals surface area contributed by atoms with Crippen LogP contribution in [0.1, 0.15) is 66.2 Å². The molecule has 2 nitrogen and oxygen atoms in total. The molecule has 1 N–H and O–H groups in total. The molecule has 4 aliphatic rings. The minimum absolute atomic E-state index is 0.0118. The second kappa shape index (κ2) is 5.06. The largest absolute Gasteiger partial charge is 0.382 e. The van der Waals surface area contributed by atoms with E-state index in [1.165, 1.54) is 6.42 Å². The maximum absolute atomic E-state index is 12.3. The van der Waals surface area contributed by atoms with Crippen LogP contribution in [0, 0.1) is 34.5 Å². The number of carbonyl (C=O) groups is 1. The summed E-state index contributed by atoms with van der Waals surface area (Å²) in [5.41, 5.74) is 0.627. The standard InChI is InChI=1S/C22H32O2/c1-14-13-16-18(20(3)10-6-5-7-17(14)20)8-11-21(4)19(16)9-12-22(21,24)15(2)23/h5-7,14,16,18-19,24H,8-13H2,1-4H3/t14-,16+,18-,19-,20-,21-,22-/m0/s1. The van der Waals surface area contributed by atoms with E-state index < -0.39 is 5.60 Å². The zero-order valence-electron chi connectivity index (χ0n) is 15.6. The smallest absolute Gasteiger partial charge is 0.161 e. The van der Waals surface area contributed by atoms with Crippen LogP contribution in [0.3, 0.4) is 0 Å². The van der Waals surface area contributed by atoms with Gasteiger partial charge in [-0.2, -0.15) is 0 Å². The first-order valence-corrected chi connectivity index (χ1v) is 9.85. The lowest BCUT2D eigenvalue weighted by molar-refractivity contribution is -0.160. The van der Waals surface area contributed by atoms with Crippen molar-refractivity contribution in [3.8, 4) is 0 Å². The maximum Gasteiger partial charge on any atom is 0.161 e. The van der Waals surface area contributed by atoms with Gasteiger partial charge in [0, 0.05) is 5.41 Å². The van der Waals surface area contributed by atoms with Gasteiger partial charge in [-0.15, -0.1) is 0 Å². The fraction of sp³-hybridized carbons (Fsp3) is 0.773. The molecule has 24 heavy (non-hydrogen) atoms. The third-order valence-electron chi connectivity index (χ3n) is 8.76. The molecule has 3 saturated carbocycles. The monoisotopic (exact) mass is 328 g/mol. The summed E-state index contributed by atoms with van der Waals surface area (Å²) in [5.74, 6) is 2.46. The minimum atomic E-state index is -1.09. The van der Waals surface area contributed by atoms with Crippen LogP contribution in [0.15, 0.2) is 23.8 Å². The van der Waals surface area contributed by atoms with Gasteiger partial charge in [-0.25, -0.2) is 0 Å². The van der Waals surface area contributed by atoms with Crippen LogP contribution in [0.5, 0.6) is 0 Å². The summed E-state index contributed by atoms with van der Waals surface area (Å²) < 4.78 is 0. The molecule has 0 aromatic rings. The molecular weight excluding hydrogens is 296 g/mol. The Morgan fingerprint density at radius 3 is 2.62 bits per heavy atom. The van der Waals surface area contributed by atoms with Crippen molar-refractivity contribution >= 4 is 5.78 Å². The lowest BCUT2D eigenvalue weighted by atomic mass is 9.45. The molecule has 4 rings (SSSR count). The Hall–Kier alpha value is -0.890. The zero-order chi connectivity index (χ0) is 17.3. The first-order chi connectivity index (χ1) is 11.2. The van der Waals surface area contributed by atoms with Crippen molar-refractivity contribution in [2.75, 3.05) is 0 Å². The fourth-order valence-corrected chi connectivity index (χ4v) is 7.42. The highest BCUT2D eigenvalue weighted by Gasteiger charge is 2.65. The number of allylic oxidation sites excluding steroid dienone is 4. The lowest BCUT2D eigenvalue weighted by Gasteiger charge is -2.60. The minimum Gasteiger partial charge on any atom is -0.382 e. The second-order valence-corrected chi connectivity index (χ2v) is 9.60. The van der Waals surface area contributed by atoms with E-state index in [1.807, 2.05) is 0 Å². The number of aliphatic hydroxyl groups is 1. The molecular formula is C22H32O2. The van der Waals surface area contributed by atoms with Crippen molar-refractivity contribution in [2.24, 2.45) is 34.5 Å². The molecule has 7 atom stereocenters. The Morgan fingerprint density at radius 2 is 1.92 bits per heavy atom. The number of hydrogen-bond acceptors (Lipinski definition) is 2. The topological polar surface area (TPSA) is 37.3 Å². The van der Waals surface area contributed by atoms with E-state index in [0.29, 0.717) is 30.1 Å². The fourth-order valence-electron chi connectivity index (χ4n) is 7.42. The average molecular weight is 328 g/mol. The summed E-state index contributed by atoms with van der Waals surface area (Å²) in [4.78, 5) is 12.3. The quantitative estimate of drug-likeness (QED) is 0.759. The van der Waals surface area contributed by atoms with Gasteiger partial charge in [0.15, 0.2) is 5.78 Å². The van der Waals surface area contributed by atoms with Crippen molar-refractivity contribution in [1.82, 2.24) is 0 Å². The average Bonchev–Trinajstić information content (AvgIpc) is 2.81. The van der Waals surface area contributed by atoms with E-state index >= 15 is 0 Å². The summed E-state index contributed by atoms with van der Waals surface area (Å²) in [7, 11) is 0. The van der Waals surface area contributed by atoms with Crippen LogP contribution in [0.4, 0.5) is 0 Å². The van der Waals surface area contributed by atoms with Gasteiger partial charge in [-0.3, -0.25) is 4.79 Å². The molecule has 132 valence electrons. The molecule has 0 saturated heterocycles. The van der Waals surface area contributed by atoms with E-state index in [0.717, 1.165) is 25.7 Å². The normalized spacial score (nSPS) is 53.0. The van der Waals surface area contributed by atoms with Gasteiger partial charge in [-0.05, 0) is 74.5 Å². The third-order valence-corrected chi connectivity index (χ3v) is 8.76. The van der Waals surface area contributed by atoms with Crippen LogP contribution >= 0.6 is 0 Å². The highest BCUT2D eigenvalue weighted by atomic mass is 16.3. The molecule has 0 heterocycles. The third kappa shape index (κ3) is 1.84. The van der Waals surface area contributed by atoms with Crippen LogP contribution in [-0.4, -0.2) is 16.5 Å². The number of rotatable bonds is 1. The second-order valence-electron chi connectivity index (χ2n) is 9.60. The molecule has 0 spiro atoms. The lowest BCUT2D eigenvalue weighted by Crippen LogP contribution is -2.57. The zero-order valence-corrected chi connectivity index (χ0v) is 15.6. The Labute approximate surface area is 146 Å². The Kier molecular flexibility index (Phi) is 3.50. The van der Waals surface area contributed by atoms with Gasteiger partial charge < -0.3 is 5.11 Å². The molecule has 0 aromatic carbocycles. The van der Waals surface area contributed by atoms with E-state index in [-0.39, 0.29) is 16.6 Å². The maximum atomic E-state index is 12.3. The number of fused-ring (bicyclic) bond motifs is 5. The molecule has 0 amide bonds. The molecule has 3 fully saturated rings. The van der Waals surface area contributed by atoms with Crippen LogP contribution in [0.2, 0.25) is 0 Å². The Balaban J connectivity index is 1.73. The van der Waals surface area contributed by atoms with Gasteiger partial charge in [0.05, 0.1) is 0 Å². The number of hydrogen-bond donors (Lipinski definition) is 1. The first kappa shape index (κ1) is 16.6. The molecule has 2 heteroatoms. The van der Waals surface area contributed by atoms with Crippen LogP contribution in [-0.2, 0) is 4.79 Å². The summed E-state index contributed by atoms with van der Waals surface area (Å²) in [5, 5.41) is 11.2. The number of ketones is 1. The molecule has 0 radical (unpaired) electrons. The van der Waals surface area contributed by atoms with Gasteiger partial charge in [-0.1, -0.05) is 44.6 Å². The molecule has 0 aromatic heterocycles. The molecule has 4 aliphatic carbocycles. The van der Waals surface area contributed by atoms with E-state index in [2.05, 4.69) is 39.0 Å². The Bertz CT molecular complexity index is 632. The summed E-state index contributed by atoms with van der Waals surface area (Å²) >= 11 is 0. The molecule has 0 bridgehead atoms. The van der Waals surface area contributed by atoms with Gasteiger partial charge in [0.2, 0.25) is 0 Å². The van der Waals surface area contributed by atoms with Crippen molar-refractivity contribution in [1.29, 1.82) is 0 Å². The predicted octanol–water partition coefficient (Wildman–Crippen LogP) is 4.68. The predicted molar refractivity (Wildman–Crippen MR) is 96.4 cm³/mol. The van der Waals surface area contributed by atoms with Gasteiger partial charge in [0.1, 0.15) is 5.60 Å². The van der Waals surface area contributed by atoms with Crippen molar-refractivity contribution in [3.05, 3.63) is 23.8 Å². The highest BCUT2D eigenvalue weighted by molar-refractivity contribution is 5.86. The van der Waals surface area contributed by atoms with E-state index in [4.69, 9.17) is 0 Å². The summed E-state index contributed by atoms with van der Waals surface area (Å²) in [6, 6.07) is 0. The first-order valence-electron chi connectivity index (χ1n) is 9.85. The summed E-state index contributed by atoms with van der Waals surface area (Å²) in [6.45, 7) is 8.67. The number of Topliss-reactive ketones (excluding diaryl/α,β-unsaturated/α-hetero) is 1. The number of carbonyl (C=O) groups excluding carboxylic acids is 1. The summed E-state index contributed by atoms with van der Waals surface area (Å²) in [6.07, 6.45) is 13.2. The van der Waals surface area contributed by atoms with Crippen molar-refractivity contribution in [2.45, 2.75) is 71.8 Å².